The van der Waals surface area contributed by atoms with E-state index in [-0.39, 0.29) is 10.8 Å². The van der Waals surface area contributed by atoms with Crippen molar-refractivity contribution in [1.82, 2.24) is 13.7 Å². The van der Waals surface area contributed by atoms with Gasteiger partial charge in [0.1, 0.15) is 0 Å². The molecule has 65 heavy (non-hydrogen) atoms. The molecule has 0 fully saturated rings. The van der Waals surface area contributed by atoms with Gasteiger partial charge >= 0.3 is 0 Å². The third kappa shape index (κ3) is 6.17. The highest BCUT2D eigenvalue weighted by Crippen LogP contribution is 2.45. The Morgan fingerprint density at radius 3 is 1.49 bits per heavy atom. The van der Waals surface area contributed by atoms with Gasteiger partial charge in [0.2, 0.25) is 0 Å². The second-order valence-corrected chi connectivity index (χ2v) is 19.8. The highest BCUT2D eigenvalue weighted by Gasteiger charge is 2.25. The van der Waals surface area contributed by atoms with E-state index >= 15 is 0 Å². The van der Waals surface area contributed by atoms with Crippen LogP contribution in [0.1, 0.15) is 52.7 Å². The quantitative estimate of drug-likeness (QED) is 0.164. The van der Waals surface area contributed by atoms with Crippen LogP contribution in [0, 0.1) is 0 Å². The lowest BCUT2D eigenvalue weighted by Gasteiger charge is -2.26. The van der Waals surface area contributed by atoms with Gasteiger partial charge in [0.15, 0.2) is 0 Å². The molecule has 0 aliphatic rings. The molecule has 314 valence electrons. The lowest BCUT2D eigenvalue weighted by atomic mass is 9.80. The first kappa shape index (κ1) is 39.0. The number of rotatable bonds is 5. The molecule has 0 saturated heterocycles. The van der Waals surface area contributed by atoms with E-state index in [1.54, 1.807) is 0 Å². The SMILES string of the molecule is CC(C)(C)c1cc(-n2c3ccccc3c3cc(-c4ccccc4-n4c5ccccc5c5c4ccc4c6ccccc6n(-c6ccc(-c7ccccc7)cc6)c45)ccc32)cc(C(C)(C)C)c1. The average Bonchev–Trinajstić information content (AvgIpc) is 3.97. The highest BCUT2D eigenvalue weighted by molar-refractivity contribution is 6.26. The lowest BCUT2D eigenvalue weighted by Crippen LogP contribution is -2.17. The molecule has 3 heteroatoms. The van der Waals surface area contributed by atoms with Crippen molar-refractivity contribution in [3.63, 3.8) is 0 Å². The van der Waals surface area contributed by atoms with Gasteiger partial charge in [-0.15, -0.1) is 0 Å². The van der Waals surface area contributed by atoms with Crippen molar-refractivity contribution >= 4 is 65.4 Å². The number of hydrogen-bond acceptors (Lipinski definition) is 0. The van der Waals surface area contributed by atoms with Gasteiger partial charge in [-0.1, -0.05) is 175 Å². The number of aromatic nitrogens is 3. The van der Waals surface area contributed by atoms with Crippen molar-refractivity contribution < 1.29 is 0 Å². The standard InChI is InChI=1S/C62H51N3/c1-61(2,3)43-37-44(62(4,5)6)39-46(38-43)63-54-25-15-12-22-49(54)52-36-42(30-34-57(52)63)47-20-10-14-24-53(47)65-56-27-17-13-23-51(56)59-58(65)35-33-50-48-21-11-16-26-55(48)64(60(50)59)45-31-28-41(29-32-45)40-18-8-7-9-19-40/h7-39H,1-6H3. The molecule has 3 aromatic heterocycles. The fourth-order valence-electron chi connectivity index (χ4n) is 10.4. The Balaban J connectivity index is 1.08. The van der Waals surface area contributed by atoms with E-state index in [0.29, 0.717) is 0 Å². The van der Waals surface area contributed by atoms with Gasteiger partial charge in [-0.3, -0.25) is 0 Å². The molecule has 12 rings (SSSR count). The number of nitrogens with zero attached hydrogens (tertiary/aromatic N) is 3. The van der Waals surface area contributed by atoms with Crippen LogP contribution in [0.4, 0.5) is 0 Å². The molecule has 0 saturated carbocycles. The van der Waals surface area contributed by atoms with Gasteiger partial charge in [-0.05, 0) is 105 Å². The van der Waals surface area contributed by atoms with Crippen molar-refractivity contribution in [2.75, 3.05) is 0 Å². The van der Waals surface area contributed by atoms with E-state index in [1.807, 2.05) is 0 Å². The summed E-state index contributed by atoms with van der Waals surface area (Å²) in [6, 6.07) is 74.4. The summed E-state index contributed by atoms with van der Waals surface area (Å²) >= 11 is 0. The van der Waals surface area contributed by atoms with E-state index in [2.05, 4.69) is 255 Å². The fraction of sp³-hybridized carbons (Fsp3) is 0.129. The summed E-state index contributed by atoms with van der Waals surface area (Å²) in [5.41, 5.74) is 18.3. The maximum absolute atomic E-state index is 2.50. The summed E-state index contributed by atoms with van der Waals surface area (Å²) in [5.74, 6) is 0. The maximum atomic E-state index is 2.50. The third-order valence-corrected chi connectivity index (χ3v) is 13.7. The molecule has 0 N–H and O–H groups in total. The Bertz CT molecular complexity index is 3790. The minimum Gasteiger partial charge on any atom is -0.309 e. The Morgan fingerprint density at radius 2 is 0.815 bits per heavy atom. The van der Waals surface area contributed by atoms with Crippen LogP contribution in [0.3, 0.4) is 0 Å². The summed E-state index contributed by atoms with van der Waals surface area (Å²) in [4.78, 5) is 0. The number of hydrogen-bond donors (Lipinski definition) is 0. The molecule has 12 aromatic rings. The molecule has 9 aromatic carbocycles. The van der Waals surface area contributed by atoms with Gasteiger partial charge in [-0.2, -0.15) is 0 Å². The van der Waals surface area contributed by atoms with Gasteiger partial charge in [0, 0.05) is 49.3 Å². The molecule has 0 aliphatic carbocycles. The van der Waals surface area contributed by atoms with E-state index in [0.717, 1.165) is 11.4 Å². The van der Waals surface area contributed by atoms with Crippen molar-refractivity contribution in [2.45, 2.75) is 52.4 Å². The fourth-order valence-corrected chi connectivity index (χ4v) is 10.4. The van der Waals surface area contributed by atoms with Gasteiger partial charge in [-0.25, -0.2) is 0 Å². The molecule has 0 unspecified atom stereocenters. The first-order valence-electron chi connectivity index (χ1n) is 22.9. The maximum Gasteiger partial charge on any atom is 0.0641 e. The molecular formula is C62H51N3. The van der Waals surface area contributed by atoms with Crippen LogP contribution in [0.2, 0.25) is 0 Å². The first-order chi connectivity index (χ1) is 31.5. The normalized spacial score (nSPS) is 12.5. The zero-order chi connectivity index (χ0) is 44.2. The van der Waals surface area contributed by atoms with Gasteiger partial charge in [0.05, 0.1) is 38.8 Å². The first-order valence-corrected chi connectivity index (χ1v) is 22.9. The number of para-hydroxylation sites is 4. The average molecular weight is 838 g/mol. The van der Waals surface area contributed by atoms with Crippen LogP contribution in [0.5, 0.6) is 0 Å². The minimum absolute atomic E-state index is 0.00887. The van der Waals surface area contributed by atoms with Gasteiger partial charge < -0.3 is 13.7 Å². The highest BCUT2D eigenvalue weighted by atomic mass is 15.0. The van der Waals surface area contributed by atoms with Crippen LogP contribution >= 0.6 is 0 Å². The van der Waals surface area contributed by atoms with Crippen molar-refractivity contribution in [3.05, 3.63) is 211 Å². The van der Waals surface area contributed by atoms with Crippen molar-refractivity contribution in [2.24, 2.45) is 0 Å². The molecular weight excluding hydrogens is 787 g/mol. The van der Waals surface area contributed by atoms with Crippen molar-refractivity contribution in [1.29, 1.82) is 0 Å². The molecule has 0 aliphatic heterocycles. The van der Waals surface area contributed by atoms with Gasteiger partial charge in [0.25, 0.3) is 0 Å². The summed E-state index contributed by atoms with van der Waals surface area (Å²) in [6.45, 7) is 13.9. The van der Waals surface area contributed by atoms with Crippen molar-refractivity contribution in [3.8, 4) is 39.3 Å². The summed E-state index contributed by atoms with van der Waals surface area (Å²) < 4.78 is 7.46. The zero-order valence-corrected chi connectivity index (χ0v) is 37.9. The molecule has 0 spiro atoms. The largest absolute Gasteiger partial charge is 0.309 e. The molecule has 0 bridgehead atoms. The minimum atomic E-state index is 0.00887. The molecule has 3 nitrogen and oxygen atoms in total. The second-order valence-electron chi connectivity index (χ2n) is 19.8. The summed E-state index contributed by atoms with van der Waals surface area (Å²) in [6.07, 6.45) is 0. The third-order valence-electron chi connectivity index (χ3n) is 13.7. The number of benzene rings is 9. The number of fused-ring (bicyclic) bond motifs is 10. The van der Waals surface area contributed by atoms with Crippen LogP contribution < -0.4 is 0 Å². The molecule has 0 amide bonds. The Hall–Kier alpha value is -7.62. The Morgan fingerprint density at radius 1 is 0.308 bits per heavy atom. The summed E-state index contributed by atoms with van der Waals surface area (Å²) in [5, 5.41) is 7.49. The van der Waals surface area contributed by atoms with Crippen LogP contribution in [-0.2, 0) is 10.8 Å². The Kier molecular flexibility index (Phi) is 8.67. The second kappa shape index (κ2) is 14.5. The predicted molar refractivity (Wildman–Crippen MR) is 278 cm³/mol. The zero-order valence-electron chi connectivity index (χ0n) is 37.9. The lowest BCUT2D eigenvalue weighted by molar-refractivity contribution is 0.568. The van der Waals surface area contributed by atoms with E-state index in [4.69, 9.17) is 0 Å². The topological polar surface area (TPSA) is 14.8 Å². The van der Waals surface area contributed by atoms with E-state index < -0.39 is 0 Å². The molecule has 0 radical (unpaired) electrons. The Labute approximate surface area is 380 Å². The van der Waals surface area contributed by atoms with Crippen LogP contribution in [-0.4, -0.2) is 13.7 Å². The smallest absolute Gasteiger partial charge is 0.0641 e. The van der Waals surface area contributed by atoms with E-state index in [1.165, 1.54) is 104 Å². The molecule has 0 atom stereocenters. The molecule has 3 heterocycles. The van der Waals surface area contributed by atoms with Crippen LogP contribution in [0.15, 0.2) is 200 Å². The summed E-state index contributed by atoms with van der Waals surface area (Å²) in [7, 11) is 0. The monoisotopic (exact) mass is 837 g/mol. The van der Waals surface area contributed by atoms with Crippen LogP contribution in [0.25, 0.3) is 105 Å². The van der Waals surface area contributed by atoms with E-state index in [9.17, 15) is 0 Å². The predicted octanol–water partition coefficient (Wildman–Crippen LogP) is 16.9.